The van der Waals surface area contributed by atoms with Gasteiger partial charge in [-0.2, -0.15) is 5.10 Å². The number of rotatable bonds is 4. The number of primary amides is 1. The molecule has 1 amide bonds. The Morgan fingerprint density at radius 3 is 2.38 bits per heavy atom. The van der Waals surface area contributed by atoms with Crippen LogP contribution in [0, 0.1) is 5.92 Å². The van der Waals surface area contributed by atoms with Crippen LogP contribution in [0.25, 0.3) is 0 Å². The fraction of sp³-hybridized carbons (Fsp3) is 0.800. The van der Waals surface area contributed by atoms with E-state index in [0.29, 0.717) is 12.3 Å². The molecule has 1 fully saturated rings. The van der Waals surface area contributed by atoms with Gasteiger partial charge in [0, 0.05) is 17.9 Å². The first-order chi connectivity index (χ1) is 7.53. The quantitative estimate of drug-likeness (QED) is 0.218. The predicted molar refractivity (Wildman–Crippen MR) is 63.4 cm³/mol. The third-order valence-corrected chi connectivity index (χ3v) is 3.55. The zero-order valence-corrected chi connectivity index (χ0v) is 9.70. The van der Waals surface area contributed by atoms with E-state index in [1.165, 1.54) is 0 Å². The summed E-state index contributed by atoms with van der Waals surface area (Å²) in [5.41, 5.74) is 10.8. The van der Waals surface area contributed by atoms with Crippen LogP contribution in [0.2, 0.25) is 0 Å². The first kappa shape index (κ1) is 12.8. The van der Waals surface area contributed by atoms with Crippen LogP contribution in [0.3, 0.4) is 0 Å². The lowest BCUT2D eigenvalue weighted by atomic mass is 9.74. The Kier molecular flexibility index (Phi) is 4.12. The van der Waals surface area contributed by atoms with Crippen LogP contribution >= 0.6 is 0 Å². The van der Waals surface area contributed by atoms with Crippen molar-refractivity contribution >= 4 is 11.7 Å². The number of hydrogen-bond acceptors (Lipinski definition) is 4. The monoisotopic (exact) mass is 227 g/mol. The zero-order valence-electron chi connectivity index (χ0n) is 9.70. The topological polar surface area (TPSA) is 120 Å². The minimum atomic E-state index is -0.270. The molecule has 1 aliphatic carbocycles. The molecule has 0 spiro atoms. The molecule has 6 nitrogen and oxygen atoms in total. The van der Waals surface area contributed by atoms with Crippen LogP contribution in [0.1, 0.15) is 32.1 Å². The van der Waals surface area contributed by atoms with E-state index in [2.05, 4.69) is 10.4 Å². The van der Waals surface area contributed by atoms with E-state index >= 15 is 0 Å². The number of hydrazone groups is 1. The van der Waals surface area contributed by atoms with Gasteiger partial charge in [0.05, 0.1) is 0 Å². The van der Waals surface area contributed by atoms with Crippen LogP contribution in [0.5, 0.6) is 0 Å². The predicted octanol–water partition coefficient (Wildman–Crippen LogP) is -0.759. The van der Waals surface area contributed by atoms with Crippen molar-refractivity contribution in [2.24, 2.45) is 28.3 Å². The summed E-state index contributed by atoms with van der Waals surface area (Å²) in [4.78, 5) is 11.0. The maximum absolute atomic E-state index is 11.0. The number of nitrogens with one attached hydrogen (secondary N) is 1. The van der Waals surface area contributed by atoms with Gasteiger partial charge >= 0.3 is 0 Å². The van der Waals surface area contributed by atoms with Gasteiger partial charge in [0.2, 0.25) is 5.91 Å². The van der Waals surface area contributed by atoms with Gasteiger partial charge in [-0.05, 0) is 32.7 Å². The SMILES string of the molecule is CNC1(CC(N)=O)CCC(C(N)=NN)CC1. The number of amidine groups is 1. The minimum absolute atomic E-state index is 0.169. The molecule has 0 atom stereocenters. The van der Waals surface area contributed by atoms with Gasteiger partial charge in [-0.25, -0.2) is 0 Å². The minimum Gasteiger partial charge on any atom is -0.386 e. The molecule has 0 bridgehead atoms. The summed E-state index contributed by atoms with van der Waals surface area (Å²) in [6.45, 7) is 0. The van der Waals surface area contributed by atoms with Crippen LogP contribution in [-0.2, 0) is 4.79 Å². The molecular weight excluding hydrogens is 206 g/mol. The van der Waals surface area contributed by atoms with Gasteiger partial charge in [0.25, 0.3) is 0 Å². The maximum atomic E-state index is 11.0. The van der Waals surface area contributed by atoms with Crippen molar-refractivity contribution in [2.45, 2.75) is 37.6 Å². The molecule has 7 N–H and O–H groups in total. The van der Waals surface area contributed by atoms with Crippen molar-refractivity contribution in [1.82, 2.24) is 5.32 Å². The van der Waals surface area contributed by atoms with Gasteiger partial charge in [-0.1, -0.05) is 0 Å². The van der Waals surface area contributed by atoms with E-state index in [-0.39, 0.29) is 17.4 Å². The molecule has 0 aromatic rings. The lowest BCUT2D eigenvalue weighted by molar-refractivity contribution is -0.119. The molecule has 92 valence electrons. The Bertz CT molecular complexity index is 281. The summed E-state index contributed by atoms with van der Waals surface area (Å²) < 4.78 is 0. The molecule has 6 heteroatoms. The van der Waals surface area contributed by atoms with Crippen LogP contribution in [0.4, 0.5) is 0 Å². The average Bonchev–Trinajstić information content (AvgIpc) is 2.28. The summed E-state index contributed by atoms with van der Waals surface area (Å²) in [6.07, 6.45) is 3.89. The average molecular weight is 227 g/mol. The van der Waals surface area contributed by atoms with Gasteiger partial charge in [0.15, 0.2) is 0 Å². The lowest BCUT2D eigenvalue weighted by Gasteiger charge is -2.39. The molecule has 0 radical (unpaired) electrons. The second kappa shape index (κ2) is 5.16. The van der Waals surface area contributed by atoms with Crippen molar-refractivity contribution in [3.63, 3.8) is 0 Å². The first-order valence-electron chi connectivity index (χ1n) is 5.53. The summed E-state index contributed by atoms with van der Waals surface area (Å²) in [5, 5.41) is 6.74. The molecule has 0 aromatic heterocycles. The van der Waals surface area contributed by atoms with Gasteiger partial charge < -0.3 is 22.6 Å². The third kappa shape index (κ3) is 2.85. The number of carbonyl (C=O) groups excluding carboxylic acids is 1. The summed E-state index contributed by atoms with van der Waals surface area (Å²) in [5.74, 6) is 5.63. The van der Waals surface area contributed by atoms with Crippen molar-refractivity contribution in [2.75, 3.05) is 7.05 Å². The second-order valence-corrected chi connectivity index (χ2v) is 4.50. The molecule has 0 unspecified atom stereocenters. The highest BCUT2D eigenvalue weighted by atomic mass is 16.1. The van der Waals surface area contributed by atoms with Gasteiger partial charge in [0.1, 0.15) is 5.84 Å². The number of nitrogens with two attached hydrogens (primary N) is 3. The van der Waals surface area contributed by atoms with Gasteiger partial charge in [-0.15, -0.1) is 0 Å². The molecule has 0 saturated heterocycles. The zero-order chi connectivity index (χ0) is 12.2. The number of carbonyl (C=O) groups is 1. The number of nitrogens with zero attached hydrogens (tertiary/aromatic N) is 1. The lowest BCUT2D eigenvalue weighted by Crippen LogP contribution is -2.49. The molecule has 0 aliphatic heterocycles. The normalized spacial score (nSPS) is 31.3. The molecule has 1 aliphatic rings. The van der Waals surface area contributed by atoms with Gasteiger partial charge in [-0.3, -0.25) is 4.79 Å². The molecule has 1 rings (SSSR count). The molecular formula is C10H21N5O. The van der Waals surface area contributed by atoms with E-state index in [9.17, 15) is 4.79 Å². The second-order valence-electron chi connectivity index (χ2n) is 4.50. The highest BCUT2D eigenvalue weighted by Crippen LogP contribution is 2.34. The third-order valence-electron chi connectivity index (χ3n) is 3.55. The summed E-state index contributed by atoms with van der Waals surface area (Å²) in [7, 11) is 1.86. The highest BCUT2D eigenvalue weighted by Gasteiger charge is 2.36. The Balaban J connectivity index is 2.60. The Morgan fingerprint density at radius 1 is 1.44 bits per heavy atom. The van der Waals surface area contributed by atoms with E-state index in [0.717, 1.165) is 25.7 Å². The largest absolute Gasteiger partial charge is 0.386 e. The van der Waals surface area contributed by atoms with Crippen molar-refractivity contribution < 1.29 is 4.79 Å². The summed E-state index contributed by atoms with van der Waals surface area (Å²) in [6, 6.07) is 0. The summed E-state index contributed by atoms with van der Waals surface area (Å²) >= 11 is 0. The van der Waals surface area contributed by atoms with E-state index in [4.69, 9.17) is 17.3 Å². The molecule has 1 saturated carbocycles. The number of amides is 1. The van der Waals surface area contributed by atoms with Crippen molar-refractivity contribution in [1.29, 1.82) is 0 Å². The Morgan fingerprint density at radius 2 is 2.00 bits per heavy atom. The smallest absolute Gasteiger partial charge is 0.219 e. The van der Waals surface area contributed by atoms with Crippen LogP contribution in [-0.4, -0.2) is 24.3 Å². The highest BCUT2D eigenvalue weighted by molar-refractivity contribution is 5.82. The van der Waals surface area contributed by atoms with E-state index in [1.807, 2.05) is 7.05 Å². The molecule has 0 heterocycles. The Labute approximate surface area is 95.6 Å². The van der Waals surface area contributed by atoms with Crippen molar-refractivity contribution in [3.05, 3.63) is 0 Å². The molecule has 16 heavy (non-hydrogen) atoms. The van der Waals surface area contributed by atoms with Crippen molar-refractivity contribution in [3.8, 4) is 0 Å². The number of hydrogen-bond donors (Lipinski definition) is 4. The Hall–Kier alpha value is -1.30. The fourth-order valence-corrected chi connectivity index (χ4v) is 2.42. The van der Waals surface area contributed by atoms with E-state index < -0.39 is 0 Å². The van der Waals surface area contributed by atoms with Crippen LogP contribution < -0.4 is 22.6 Å². The van der Waals surface area contributed by atoms with E-state index in [1.54, 1.807) is 0 Å². The fourth-order valence-electron chi connectivity index (χ4n) is 2.42. The maximum Gasteiger partial charge on any atom is 0.219 e. The standard InChI is InChI=1S/C10H21N5O/c1-14-10(6-8(11)16)4-2-7(3-5-10)9(12)15-13/h7,14H,2-6,13H2,1H3,(H2,11,16)(H2,12,15). The van der Waals surface area contributed by atoms with Crippen LogP contribution in [0.15, 0.2) is 5.10 Å². The first-order valence-corrected chi connectivity index (χ1v) is 5.53. The molecule has 0 aromatic carbocycles.